The molecule has 1 aliphatic rings. The molecule has 0 unspecified atom stereocenters. The van der Waals surface area contributed by atoms with Crippen molar-refractivity contribution in [2.45, 2.75) is 6.42 Å². The molecule has 1 rings (SSSR count). The second-order valence-corrected chi connectivity index (χ2v) is 1.77. The number of rotatable bonds is 2. The molecule has 0 aromatic carbocycles. The molecular formula is C7H7NO. The lowest BCUT2D eigenvalue weighted by Crippen LogP contribution is -1.91. The molecule has 0 saturated carbocycles. The maximum Gasteiger partial charge on any atom is 0.273 e. The van der Waals surface area contributed by atoms with Crippen LogP contribution in [0.1, 0.15) is 6.42 Å². The van der Waals surface area contributed by atoms with Gasteiger partial charge in [-0.15, -0.1) is 6.58 Å². The molecule has 1 aliphatic heterocycles. The second-order valence-electron chi connectivity index (χ2n) is 1.77. The Morgan fingerprint density at radius 3 is 3.00 bits per heavy atom. The molecule has 2 heteroatoms. The van der Waals surface area contributed by atoms with E-state index in [0.717, 1.165) is 5.57 Å². The number of carbonyl (C=O) groups is 1. The van der Waals surface area contributed by atoms with Gasteiger partial charge in [-0.1, -0.05) is 6.08 Å². The fourth-order valence-electron chi connectivity index (χ4n) is 0.660. The molecule has 0 spiro atoms. The molecule has 0 fully saturated rings. The summed E-state index contributed by atoms with van der Waals surface area (Å²) in [5, 5.41) is 0. The quantitative estimate of drug-likeness (QED) is 0.503. The fraction of sp³-hybridized carbons (Fsp3) is 0.143. The Hall–Kier alpha value is -1.18. The molecule has 0 aromatic rings. The van der Waals surface area contributed by atoms with Gasteiger partial charge < -0.3 is 0 Å². The van der Waals surface area contributed by atoms with E-state index >= 15 is 0 Å². The minimum atomic E-state index is -0.130. The summed E-state index contributed by atoms with van der Waals surface area (Å²) in [4.78, 5) is 14.2. The van der Waals surface area contributed by atoms with Crippen LogP contribution in [0.2, 0.25) is 0 Å². The summed E-state index contributed by atoms with van der Waals surface area (Å²) in [6.07, 6.45) is 5.54. The van der Waals surface area contributed by atoms with E-state index in [1.54, 1.807) is 12.2 Å². The Balaban J connectivity index is 2.64. The van der Waals surface area contributed by atoms with Crippen LogP contribution in [0.15, 0.2) is 29.3 Å². The van der Waals surface area contributed by atoms with Crippen molar-refractivity contribution in [1.82, 2.24) is 0 Å². The summed E-state index contributed by atoms with van der Waals surface area (Å²) in [5.41, 5.74) is 0.727. The Morgan fingerprint density at radius 2 is 2.56 bits per heavy atom. The van der Waals surface area contributed by atoms with E-state index in [1.165, 1.54) is 6.21 Å². The summed E-state index contributed by atoms with van der Waals surface area (Å²) in [7, 11) is 0. The molecule has 0 atom stereocenters. The summed E-state index contributed by atoms with van der Waals surface area (Å²) in [6.45, 7) is 3.51. The zero-order chi connectivity index (χ0) is 6.69. The molecule has 1 heterocycles. The Morgan fingerprint density at radius 1 is 1.78 bits per heavy atom. The average molecular weight is 121 g/mol. The maximum absolute atomic E-state index is 10.7. The smallest absolute Gasteiger partial charge is 0.267 e. The van der Waals surface area contributed by atoms with Gasteiger partial charge in [-0.2, -0.15) is 0 Å². The molecule has 9 heavy (non-hydrogen) atoms. The standard InChI is InChI=1S/C7H7NO/c1-2-3-6-4-5-8-7(6)9/h2,4-5H,1,3H2. The van der Waals surface area contributed by atoms with Crippen LogP contribution in [-0.4, -0.2) is 12.1 Å². The SMILES string of the molecule is C=CCC1=CC=NC1=O. The first kappa shape index (κ1) is 5.95. The van der Waals surface area contributed by atoms with E-state index in [4.69, 9.17) is 0 Å². The van der Waals surface area contributed by atoms with Gasteiger partial charge in [-0.3, -0.25) is 4.79 Å². The van der Waals surface area contributed by atoms with Gasteiger partial charge in [-0.25, -0.2) is 4.99 Å². The highest BCUT2D eigenvalue weighted by Gasteiger charge is 2.07. The van der Waals surface area contributed by atoms with Crippen LogP contribution in [0.25, 0.3) is 0 Å². The summed E-state index contributed by atoms with van der Waals surface area (Å²) in [6, 6.07) is 0. The lowest BCUT2D eigenvalue weighted by Gasteiger charge is -1.88. The summed E-state index contributed by atoms with van der Waals surface area (Å²) in [5.74, 6) is -0.130. The number of carbonyl (C=O) groups excluding carboxylic acids is 1. The van der Waals surface area contributed by atoms with Crippen molar-refractivity contribution in [1.29, 1.82) is 0 Å². The molecular weight excluding hydrogens is 114 g/mol. The zero-order valence-corrected chi connectivity index (χ0v) is 5.00. The first-order chi connectivity index (χ1) is 4.34. The predicted molar refractivity (Wildman–Crippen MR) is 36.4 cm³/mol. The van der Waals surface area contributed by atoms with Crippen LogP contribution in [0.4, 0.5) is 0 Å². The van der Waals surface area contributed by atoms with E-state index in [0.29, 0.717) is 6.42 Å². The van der Waals surface area contributed by atoms with Crippen molar-refractivity contribution < 1.29 is 4.79 Å². The van der Waals surface area contributed by atoms with Crippen molar-refractivity contribution in [3.8, 4) is 0 Å². The fourth-order valence-corrected chi connectivity index (χ4v) is 0.660. The Labute approximate surface area is 53.6 Å². The minimum Gasteiger partial charge on any atom is -0.267 e. The molecule has 0 N–H and O–H groups in total. The van der Waals surface area contributed by atoms with Crippen molar-refractivity contribution in [3.05, 3.63) is 24.3 Å². The molecule has 0 bridgehead atoms. The molecule has 1 amide bonds. The lowest BCUT2D eigenvalue weighted by molar-refractivity contribution is -0.114. The van der Waals surface area contributed by atoms with Crippen LogP contribution in [0, 0.1) is 0 Å². The van der Waals surface area contributed by atoms with Crippen LogP contribution >= 0.6 is 0 Å². The number of nitrogens with zero attached hydrogens (tertiary/aromatic N) is 1. The summed E-state index contributed by atoms with van der Waals surface area (Å²) >= 11 is 0. The number of hydrogen-bond acceptors (Lipinski definition) is 1. The first-order valence-electron chi connectivity index (χ1n) is 2.73. The van der Waals surface area contributed by atoms with E-state index in [9.17, 15) is 4.79 Å². The van der Waals surface area contributed by atoms with Crippen molar-refractivity contribution in [3.63, 3.8) is 0 Å². The van der Waals surface area contributed by atoms with E-state index in [1.807, 2.05) is 0 Å². The molecule has 0 aromatic heterocycles. The molecule has 0 aliphatic carbocycles. The third-order valence-corrected chi connectivity index (χ3v) is 1.11. The highest BCUT2D eigenvalue weighted by atomic mass is 16.1. The highest BCUT2D eigenvalue weighted by molar-refractivity contribution is 6.07. The van der Waals surface area contributed by atoms with Crippen molar-refractivity contribution in [2.75, 3.05) is 0 Å². The van der Waals surface area contributed by atoms with Crippen molar-refractivity contribution >= 4 is 12.1 Å². The molecule has 0 radical (unpaired) electrons. The molecule has 46 valence electrons. The minimum absolute atomic E-state index is 0.130. The first-order valence-corrected chi connectivity index (χ1v) is 2.73. The summed E-state index contributed by atoms with van der Waals surface area (Å²) < 4.78 is 0. The van der Waals surface area contributed by atoms with Gasteiger partial charge in [0, 0.05) is 11.8 Å². The largest absolute Gasteiger partial charge is 0.273 e. The van der Waals surface area contributed by atoms with E-state index in [-0.39, 0.29) is 5.91 Å². The normalized spacial score (nSPS) is 16.0. The van der Waals surface area contributed by atoms with Crippen LogP contribution in [-0.2, 0) is 4.79 Å². The van der Waals surface area contributed by atoms with Crippen LogP contribution in [0.3, 0.4) is 0 Å². The van der Waals surface area contributed by atoms with Crippen molar-refractivity contribution in [2.24, 2.45) is 4.99 Å². The van der Waals surface area contributed by atoms with Gasteiger partial charge in [0.2, 0.25) is 0 Å². The number of hydrogen-bond donors (Lipinski definition) is 0. The highest BCUT2D eigenvalue weighted by Crippen LogP contribution is 2.07. The van der Waals surface area contributed by atoms with Gasteiger partial charge in [0.15, 0.2) is 0 Å². The van der Waals surface area contributed by atoms with Gasteiger partial charge in [-0.05, 0) is 12.5 Å². The van der Waals surface area contributed by atoms with Gasteiger partial charge in [0.25, 0.3) is 5.91 Å². The van der Waals surface area contributed by atoms with E-state index < -0.39 is 0 Å². The monoisotopic (exact) mass is 121 g/mol. The van der Waals surface area contributed by atoms with Gasteiger partial charge >= 0.3 is 0 Å². The maximum atomic E-state index is 10.7. The van der Waals surface area contributed by atoms with E-state index in [2.05, 4.69) is 11.6 Å². The average Bonchev–Trinajstić information content (AvgIpc) is 2.18. The Kier molecular flexibility index (Phi) is 1.58. The Bertz CT molecular complexity index is 201. The number of aliphatic imine (C=N–C) groups is 1. The zero-order valence-electron chi connectivity index (χ0n) is 5.00. The molecule has 2 nitrogen and oxygen atoms in total. The topological polar surface area (TPSA) is 29.4 Å². The second kappa shape index (κ2) is 2.40. The van der Waals surface area contributed by atoms with Gasteiger partial charge in [0.05, 0.1) is 0 Å². The number of amides is 1. The predicted octanol–water partition coefficient (Wildman–Crippen LogP) is 1.10. The lowest BCUT2D eigenvalue weighted by atomic mass is 10.2. The molecule has 0 saturated heterocycles. The van der Waals surface area contributed by atoms with Crippen LogP contribution in [0.5, 0.6) is 0 Å². The third-order valence-electron chi connectivity index (χ3n) is 1.11. The third kappa shape index (κ3) is 1.13. The van der Waals surface area contributed by atoms with Crippen LogP contribution < -0.4 is 0 Å². The number of allylic oxidation sites excluding steroid dienone is 2. The van der Waals surface area contributed by atoms with Gasteiger partial charge in [0.1, 0.15) is 0 Å².